The smallest absolute Gasteiger partial charge is 0.257 e. The van der Waals surface area contributed by atoms with Gasteiger partial charge in [0.2, 0.25) is 0 Å². The van der Waals surface area contributed by atoms with Crippen molar-refractivity contribution in [2.24, 2.45) is 5.73 Å². The first-order valence-corrected chi connectivity index (χ1v) is 6.84. The minimum Gasteiger partial charge on any atom is -0.493 e. The van der Waals surface area contributed by atoms with Crippen LogP contribution in [0.15, 0.2) is 18.2 Å². The van der Waals surface area contributed by atoms with Crippen molar-refractivity contribution < 1.29 is 14.3 Å². The first kappa shape index (κ1) is 14.7. The van der Waals surface area contributed by atoms with Gasteiger partial charge in [0.15, 0.2) is 11.5 Å². The van der Waals surface area contributed by atoms with Gasteiger partial charge in [-0.3, -0.25) is 4.79 Å². The number of nitrogens with two attached hydrogens (primary N) is 1. The van der Waals surface area contributed by atoms with Crippen LogP contribution in [-0.2, 0) is 0 Å². The van der Waals surface area contributed by atoms with Crippen LogP contribution >= 0.6 is 0 Å². The highest BCUT2D eigenvalue weighted by Gasteiger charge is 2.42. The summed E-state index contributed by atoms with van der Waals surface area (Å²) in [6.07, 6.45) is 1.97. The van der Waals surface area contributed by atoms with Crippen molar-refractivity contribution in [3.05, 3.63) is 23.8 Å². The summed E-state index contributed by atoms with van der Waals surface area (Å²) in [4.78, 5) is 14.3. The van der Waals surface area contributed by atoms with Gasteiger partial charge >= 0.3 is 0 Å². The topological polar surface area (TPSA) is 64.8 Å². The van der Waals surface area contributed by atoms with Gasteiger partial charge in [-0.25, -0.2) is 0 Å². The van der Waals surface area contributed by atoms with E-state index >= 15 is 0 Å². The molecule has 0 unspecified atom stereocenters. The molecule has 1 aromatic rings. The van der Waals surface area contributed by atoms with Crippen LogP contribution in [-0.4, -0.2) is 43.7 Å². The van der Waals surface area contributed by atoms with E-state index in [9.17, 15) is 4.79 Å². The molecule has 1 aliphatic heterocycles. The summed E-state index contributed by atoms with van der Waals surface area (Å²) in [5, 5.41) is 0. The number of carbonyl (C=O) groups is 1. The minimum absolute atomic E-state index is 0.0575. The van der Waals surface area contributed by atoms with E-state index in [2.05, 4.69) is 6.92 Å². The van der Waals surface area contributed by atoms with Gasteiger partial charge in [-0.2, -0.15) is 0 Å². The average Bonchev–Trinajstić information content (AvgIpc) is 2.43. The molecule has 0 spiro atoms. The van der Waals surface area contributed by atoms with Gasteiger partial charge in [0.05, 0.1) is 25.3 Å². The van der Waals surface area contributed by atoms with Gasteiger partial charge in [-0.05, 0) is 18.6 Å². The fourth-order valence-corrected chi connectivity index (χ4v) is 2.74. The molecule has 1 heterocycles. The summed E-state index contributed by atoms with van der Waals surface area (Å²) < 4.78 is 10.5. The molecule has 2 rings (SSSR count). The molecule has 110 valence electrons. The van der Waals surface area contributed by atoms with Crippen molar-refractivity contribution in [2.45, 2.75) is 25.3 Å². The highest BCUT2D eigenvalue weighted by molar-refractivity contribution is 5.98. The second-order valence-electron chi connectivity index (χ2n) is 5.31. The molecular weight excluding hydrogens is 256 g/mol. The van der Waals surface area contributed by atoms with Crippen LogP contribution in [0.2, 0.25) is 0 Å². The molecule has 0 radical (unpaired) electrons. The number of amides is 1. The number of benzene rings is 1. The molecule has 0 aliphatic carbocycles. The molecule has 0 atom stereocenters. The predicted molar refractivity (Wildman–Crippen MR) is 77.3 cm³/mol. The summed E-state index contributed by atoms with van der Waals surface area (Å²) in [6.45, 7) is 3.30. The third kappa shape index (κ3) is 2.58. The molecule has 0 aromatic heterocycles. The van der Waals surface area contributed by atoms with Crippen molar-refractivity contribution >= 4 is 5.91 Å². The zero-order valence-electron chi connectivity index (χ0n) is 12.3. The number of para-hydroxylation sites is 1. The summed E-state index contributed by atoms with van der Waals surface area (Å²) >= 11 is 0. The van der Waals surface area contributed by atoms with Crippen molar-refractivity contribution in [1.29, 1.82) is 0 Å². The fraction of sp³-hybridized carbons (Fsp3) is 0.533. The van der Waals surface area contributed by atoms with Crippen LogP contribution < -0.4 is 15.2 Å². The number of rotatable bonds is 5. The fourth-order valence-electron chi connectivity index (χ4n) is 2.74. The van der Waals surface area contributed by atoms with Crippen molar-refractivity contribution in [1.82, 2.24) is 4.90 Å². The second-order valence-corrected chi connectivity index (χ2v) is 5.31. The molecule has 5 nitrogen and oxygen atoms in total. The molecule has 1 fully saturated rings. The Morgan fingerprint density at radius 3 is 2.60 bits per heavy atom. The van der Waals surface area contributed by atoms with Crippen molar-refractivity contribution in [3.8, 4) is 11.5 Å². The number of hydrogen-bond donors (Lipinski definition) is 1. The Hall–Kier alpha value is -1.75. The maximum absolute atomic E-state index is 12.5. The van der Waals surface area contributed by atoms with E-state index in [1.54, 1.807) is 30.2 Å². The molecule has 0 bridgehead atoms. The van der Waals surface area contributed by atoms with E-state index in [1.165, 1.54) is 7.11 Å². The highest BCUT2D eigenvalue weighted by atomic mass is 16.5. The Morgan fingerprint density at radius 2 is 2.05 bits per heavy atom. The van der Waals surface area contributed by atoms with Gasteiger partial charge < -0.3 is 20.1 Å². The van der Waals surface area contributed by atoms with Crippen molar-refractivity contribution in [2.75, 3.05) is 27.3 Å². The zero-order valence-corrected chi connectivity index (χ0v) is 12.3. The molecule has 0 saturated carbocycles. The van der Waals surface area contributed by atoms with Gasteiger partial charge in [-0.1, -0.05) is 19.4 Å². The van der Waals surface area contributed by atoms with E-state index in [0.717, 1.165) is 12.8 Å². The molecule has 1 amide bonds. The SMILES string of the molecule is CCCC1(N)CN(C(=O)c2cccc(OC)c2OC)C1. The van der Waals surface area contributed by atoms with Crippen LogP contribution in [0, 0.1) is 0 Å². The third-order valence-electron chi connectivity index (χ3n) is 3.68. The van der Waals surface area contributed by atoms with Crippen LogP contribution in [0.25, 0.3) is 0 Å². The summed E-state index contributed by atoms with van der Waals surface area (Å²) in [7, 11) is 3.09. The predicted octanol–water partition coefficient (Wildman–Crippen LogP) is 1.66. The monoisotopic (exact) mass is 278 g/mol. The maximum Gasteiger partial charge on any atom is 0.257 e. The van der Waals surface area contributed by atoms with Crippen LogP contribution in [0.4, 0.5) is 0 Å². The van der Waals surface area contributed by atoms with Crippen LogP contribution in [0.1, 0.15) is 30.1 Å². The first-order valence-electron chi connectivity index (χ1n) is 6.84. The summed E-state index contributed by atoms with van der Waals surface area (Å²) in [5.41, 5.74) is 6.49. The zero-order chi connectivity index (χ0) is 14.8. The maximum atomic E-state index is 12.5. The van der Waals surface area contributed by atoms with E-state index in [-0.39, 0.29) is 11.4 Å². The lowest BCUT2D eigenvalue weighted by atomic mass is 9.86. The van der Waals surface area contributed by atoms with Gasteiger partial charge in [0.1, 0.15) is 0 Å². The van der Waals surface area contributed by atoms with Gasteiger partial charge in [0.25, 0.3) is 5.91 Å². The van der Waals surface area contributed by atoms with E-state index in [0.29, 0.717) is 30.2 Å². The number of methoxy groups -OCH3 is 2. The molecule has 2 N–H and O–H groups in total. The van der Waals surface area contributed by atoms with E-state index in [1.807, 2.05) is 0 Å². The Bertz CT molecular complexity index is 496. The van der Waals surface area contributed by atoms with E-state index < -0.39 is 0 Å². The number of carbonyl (C=O) groups excluding carboxylic acids is 1. The molecule has 1 aromatic carbocycles. The molecular formula is C15H22N2O3. The first-order chi connectivity index (χ1) is 9.54. The second kappa shape index (κ2) is 5.71. The third-order valence-corrected chi connectivity index (χ3v) is 3.68. The number of hydrogen-bond acceptors (Lipinski definition) is 4. The number of ether oxygens (including phenoxy) is 2. The van der Waals surface area contributed by atoms with Crippen molar-refractivity contribution in [3.63, 3.8) is 0 Å². The van der Waals surface area contributed by atoms with Gasteiger partial charge in [-0.15, -0.1) is 0 Å². The summed E-state index contributed by atoms with van der Waals surface area (Å²) in [5.74, 6) is 0.981. The Morgan fingerprint density at radius 1 is 1.35 bits per heavy atom. The molecule has 20 heavy (non-hydrogen) atoms. The molecule has 5 heteroatoms. The van der Waals surface area contributed by atoms with E-state index in [4.69, 9.17) is 15.2 Å². The highest BCUT2D eigenvalue weighted by Crippen LogP contribution is 2.33. The van der Waals surface area contributed by atoms with Crippen LogP contribution in [0.5, 0.6) is 11.5 Å². The summed E-state index contributed by atoms with van der Waals surface area (Å²) in [6, 6.07) is 5.31. The lowest BCUT2D eigenvalue weighted by molar-refractivity contribution is 0.0383. The molecule has 1 aliphatic rings. The molecule has 1 saturated heterocycles. The lowest BCUT2D eigenvalue weighted by Crippen LogP contribution is -2.68. The Kier molecular flexibility index (Phi) is 4.18. The van der Waals surface area contributed by atoms with Crippen LogP contribution in [0.3, 0.4) is 0 Å². The lowest BCUT2D eigenvalue weighted by Gasteiger charge is -2.47. The Labute approximate surface area is 119 Å². The normalized spacial score (nSPS) is 16.5. The number of nitrogens with zero attached hydrogens (tertiary/aromatic N) is 1. The standard InChI is InChI=1S/C15H22N2O3/c1-4-8-15(16)9-17(10-15)14(18)11-6-5-7-12(19-2)13(11)20-3/h5-7H,4,8-10,16H2,1-3H3. The largest absolute Gasteiger partial charge is 0.493 e. The quantitative estimate of drug-likeness (QED) is 0.889. The minimum atomic E-state index is -0.226. The Balaban J connectivity index is 2.15. The average molecular weight is 278 g/mol. The number of likely N-dealkylation sites (tertiary alicyclic amines) is 1. The van der Waals surface area contributed by atoms with Gasteiger partial charge in [0, 0.05) is 13.1 Å².